The van der Waals surface area contributed by atoms with Crippen molar-refractivity contribution in [1.29, 1.82) is 0 Å². The maximum Gasteiger partial charge on any atom is 0.341 e. The zero-order valence-electron chi connectivity index (χ0n) is 13.5. The van der Waals surface area contributed by atoms with E-state index >= 15 is 0 Å². The summed E-state index contributed by atoms with van der Waals surface area (Å²) in [7, 11) is 0. The highest BCUT2D eigenvalue weighted by atomic mass is 35.5. The van der Waals surface area contributed by atoms with E-state index in [0.717, 1.165) is 6.42 Å². The third kappa shape index (κ3) is 4.49. The van der Waals surface area contributed by atoms with Crippen molar-refractivity contribution in [2.24, 2.45) is 0 Å². The summed E-state index contributed by atoms with van der Waals surface area (Å²) in [5.41, 5.74) is 7.93. The highest BCUT2D eigenvalue weighted by Crippen LogP contribution is 2.19. The number of carbonyl (C=O) groups is 2. The maximum absolute atomic E-state index is 12.1. The van der Waals surface area contributed by atoms with Gasteiger partial charge in [-0.1, -0.05) is 30.7 Å². The number of benzene rings is 2. The van der Waals surface area contributed by atoms with Crippen molar-refractivity contribution >= 4 is 34.9 Å². The molecule has 0 aliphatic rings. The average Bonchev–Trinajstić information content (AvgIpc) is 2.55. The van der Waals surface area contributed by atoms with E-state index in [9.17, 15) is 9.59 Å². The summed E-state index contributed by atoms with van der Waals surface area (Å²) < 4.78 is 5.16. The van der Waals surface area contributed by atoms with E-state index in [-0.39, 0.29) is 11.3 Å². The van der Waals surface area contributed by atoms with E-state index in [1.54, 1.807) is 0 Å². The molecule has 5 nitrogen and oxygen atoms in total. The van der Waals surface area contributed by atoms with Crippen LogP contribution in [-0.4, -0.2) is 18.0 Å². The minimum absolute atomic E-state index is 0.173. The number of rotatable bonds is 5. The molecule has 1 atom stereocenters. The predicted molar refractivity (Wildman–Crippen MR) is 95.2 cm³/mol. The molecule has 0 spiro atoms. The van der Waals surface area contributed by atoms with Gasteiger partial charge in [-0.05, 0) is 49.2 Å². The number of carbonyl (C=O) groups excluding carboxylic acids is 2. The number of esters is 1. The van der Waals surface area contributed by atoms with Crippen LogP contribution >= 0.6 is 11.6 Å². The van der Waals surface area contributed by atoms with Crippen molar-refractivity contribution in [3.8, 4) is 0 Å². The van der Waals surface area contributed by atoms with Gasteiger partial charge in [0, 0.05) is 16.4 Å². The fourth-order valence-corrected chi connectivity index (χ4v) is 2.25. The van der Waals surface area contributed by atoms with E-state index < -0.39 is 18.0 Å². The Morgan fingerprint density at radius 3 is 2.46 bits per heavy atom. The lowest BCUT2D eigenvalue weighted by Gasteiger charge is -2.14. The van der Waals surface area contributed by atoms with Gasteiger partial charge in [-0.15, -0.1) is 0 Å². The highest BCUT2D eigenvalue weighted by molar-refractivity contribution is 6.31. The van der Waals surface area contributed by atoms with Gasteiger partial charge in [0.25, 0.3) is 5.91 Å². The second kappa shape index (κ2) is 7.84. The van der Waals surface area contributed by atoms with Crippen molar-refractivity contribution in [2.45, 2.75) is 26.4 Å². The Kier molecular flexibility index (Phi) is 5.82. The first-order valence-electron chi connectivity index (χ1n) is 7.56. The lowest BCUT2D eigenvalue weighted by Crippen LogP contribution is -2.30. The number of amides is 1. The fraction of sp³-hybridized carbons (Fsp3) is 0.222. The zero-order chi connectivity index (χ0) is 17.7. The van der Waals surface area contributed by atoms with Gasteiger partial charge in [0.2, 0.25) is 0 Å². The third-order valence-electron chi connectivity index (χ3n) is 3.52. The van der Waals surface area contributed by atoms with Gasteiger partial charge in [-0.3, -0.25) is 4.79 Å². The molecule has 1 amide bonds. The molecule has 0 aromatic heterocycles. The molecule has 0 heterocycles. The Bertz CT molecular complexity index is 744. The molecule has 6 heteroatoms. The highest BCUT2D eigenvalue weighted by Gasteiger charge is 2.20. The van der Waals surface area contributed by atoms with Crippen LogP contribution in [0.25, 0.3) is 0 Å². The van der Waals surface area contributed by atoms with Crippen molar-refractivity contribution in [3.63, 3.8) is 0 Å². The molecule has 0 saturated carbocycles. The van der Waals surface area contributed by atoms with Gasteiger partial charge < -0.3 is 15.8 Å². The van der Waals surface area contributed by atoms with Crippen molar-refractivity contribution in [2.75, 3.05) is 11.1 Å². The molecule has 2 aromatic rings. The van der Waals surface area contributed by atoms with Crippen molar-refractivity contribution in [1.82, 2.24) is 0 Å². The third-order valence-corrected chi connectivity index (χ3v) is 3.75. The summed E-state index contributed by atoms with van der Waals surface area (Å²) in [5, 5.41) is 3.13. The number of nitrogens with one attached hydrogen (secondary N) is 1. The first kappa shape index (κ1) is 17.8. The molecule has 0 aliphatic heterocycles. The van der Waals surface area contributed by atoms with Crippen LogP contribution in [0, 0.1) is 0 Å². The number of halogens is 1. The number of anilines is 2. The van der Waals surface area contributed by atoms with Crippen molar-refractivity contribution in [3.05, 3.63) is 58.6 Å². The number of hydrogen-bond donors (Lipinski definition) is 2. The summed E-state index contributed by atoms with van der Waals surface area (Å²) in [5.74, 6) is -1.09. The second-order valence-electron chi connectivity index (χ2n) is 5.32. The Labute approximate surface area is 145 Å². The van der Waals surface area contributed by atoms with Crippen LogP contribution in [0.4, 0.5) is 11.4 Å². The molecule has 126 valence electrons. The van der Waals surface area contributed by atoms with E-state index in [4.69, 9.17) is 22.1 Å². The van der Waals surface area contributed by atoms with Crippen LogP contribution in [0.2, 0.25) is 5.02 Å². The van der Waals surface area contributed by atoms with Gasteiger partial charge in [0.1, 0.15) is 0 Å². The van der Waals surface area contributed by atoms with E-state index in [1.807, 2.05) is 24.3 Å². The molecule has 2 aromatic carbocycles. The number of hydrogen-bond acceptors (Lipinski definition) is 4. The summed E-state index contributed by atoms with van der Waals surface area (Å²) in [6.45, 7) is 3.55. The SMILES string of the molecule is CCc1ccc(NC(=O)C(C)OC(=O)c2ccc(Cl)cc2N)cc1. The van der Waals surface area contributed by atoms with E-state index in [1.165, 1.54) is 30.7 Å². The average molecular weight is 347 g/mol. The Hall–Kier alpha value is -2.53. The normalized spacial score (nSPS) is 11.6. The Balaban J connectivity index is 1.98. The van der Waals surface area contributed by atoms with Gasteiger partial charge in [0.05, 0.1) is 5.56 Å². The first-order valence-corrected chi connectivity index (χ1v) is 7.94. The lowest BCUT2D eigenvalue weighted by molar-refractivity contribution is -0.123. The molecule has 0 bridgehead atoms. The maximum atomic E-state index is 12.1. The van der Waals surface area contributed by atoms with Crippen LogP contribution in [0.15, 0.2) is 42.5 Å². The number of nitrogen functional groups attached to an aromatic ring is 1. The summed E-state index contributed by atoms with van der Waals surface area (Å²) in [6, 6.07) is 11.9. The summed E-state index contributed by atoms with van der Waals surface area (Å²) in [6.07, 6.45) is -0.0384. The molecule has 1 unspecified atom stereocenters. The molecule has 0 fully saturated rings. The smallest absolute Gasteiger partial charge is 0.341 e. The standard InChI is InChI=1S/C18H19ClN2O3/c1-3-12-4-7-14(8-5-12)21-17(22)11(2)24-18(23)15-9-6-13(19)10-16(15)20/h4-11H,3,20H2,1-2H3,(H,21,22). The minimum atomic E-state index is -0.960. The number of nitrogens with two attached hydrogens (primary N) is 1. The van der Waals surface area contributed by atoms with Crippen LogP contribution in [0.1, 0.15) is 29.8 Å². The van der Waals surface area contributed by atoms with Crippen LogP contribution < -0.4 is 11.1 Å². The Morgan fingerprint density at radius 2 is 1.88 bits per heavy atom. The van der Waals surface area contributed by atoms with Gasteiger partial charge >= 0.3 is 5.97 Å². The van der Waals surface area contributed by atoms with Crippen LogP contribution in [0.5, 0.6) is 0 Å². The summed E-state index contributed by atoms with van der Waals surface area (Å²) >= 11 is 5.79. The molecular formula is C18H19ClN2O3. The van der Waals surface area contributed by atoms with Gasteiger partial charge in [-0.25, -0.2) is 4.79 Å². The zero-order valence-corrected chi connectivity index (χ0v) is 14.3. The lowest BCUT2D eigenvalue weighted by atomic mass is 10.1. The molecule has 24 heavy (non-hydrogen) atoms. The summed E-state index contributed by atoms with van der Waals surface area (Å²) in [4.78, 5) is 24.2. The van der Waals surface area contributed by atoms with Crippen LogP contribution in [-0.2, 0) is 16.0 Å². The van der Waals surface area contributed by atoms with Crippen LogP contribution in [0.3, 0.4) is 0 Å². The molecule has 0 radical (unpaired) electrons. The van der Waals surface area contributed by atoms with E-state index in [0.29, 0.717) is 10.7 Å². The fourth-order valence-electron chi connectivity index (χ4n) is 2.06. The molecule has 3 N–H and O–H groups in total. The Morgan fingerprint density at radius 1 is 1.21 bits per heavy atom. The second-order valence-corrected chi connectivity index (χ2v) is 5.76. The van der Waals surface area contributed by atoms with Gasteiger partial charge in [-0.2, -0.15) is 0 Å². The van der Waals surface area contributed by atoms with Gasteiger partial charge in [0.15, 0.2) is 6.10 Å². The van der Waals surface area contributed by atoms with Crippen molar-refractivity contribution < 1.29 is 14.3 Å². The van der Waals surface area contributed by atoms with E-state index in [2.05, 4.69) is 12.2 Å². The molecule has 2 rings (SSSR count). The monoisotopic (exact) mass is 346 g/mol. The molecule has 0 saturated heterocycles. The predicted octanol–water partition coefficient (Wildman–Crippen LogP) is 3.67. The molecular weight excluding hydrogens is 328 g/mol. The quantitative estimate of drug-likeness (QED) is 0.639. The largest absolute Gasteiger partial charge is 0.449 e. The number of aryl methyl sites for hydroxylation is 1. The number of ether oxygens (including phenoxy) is 1. The first-order chi connectivity index (χ1) is 11.4. The minimum Gasteiger partial charge on any atom is -0.449 e. The molecule has 0 aliphatic carbocycles. The topological polar surface area (TPSA) is 81.4 Å².